The second-order valence-corrected chi connectivity index (χ2v) is 4.37. The van der Waals surface area contributed by atoms with Crippen molar-refractivity contribution in [2.24, 2.45) is 0 Å². The van der Waals surface area contributed by atoms with E-state index in [1.807, 2.05) is 25.1 Å². The number of nitrogens with zero attached hydrogens (tertiary/aromatic N) is 3. The van der Waals surface area contributed by atoms with Crippen LogP contribution >= 0.6 is 0 Å². The predicted molar refractivity (Wildman–Crippen MR) is 73.6 cm³/mol. The summed E-state index contributed by atoms with van der Waals surface area (Å²) >= 11 is 0. The molecule has 2 aromatic rings. The minimum absolute atomic E-state index is 0.718. The quantitative estimate of drug-likeness (QED) is 0.772. The van der Waals surface area contributed by atoms with Crippen LogP contribution in [0.5, 0.6) is 0 Å². The van der Waals surface area contributed by atoms with Crippen molar-refractivity contribution in [1.82, 2.24) is 9.55 Å². The van der Waals surface area contributed by atoms with Gasteiger partial charge in [-0.25, -0.2) is 0 Å². The molecule has 4 nitrogen and oxygen atoms in total. The van der Waals surface area contributed by atoms with Gasteiger partial charge in [-0.3, -0.25) is 4.98 Å². The van der Waals surface area contributed by atoms with E-state index in [2.05, 4.69) is 15.6 Å². The van der Waals surface area contributed by atoms with Gasteiger partial charge in [0.05, 0.1) is 5.56 Å². The van der Waals surface area contributed by atoms with Crippen LogP contribution in [0.1, 0.15) is 17.7 Å². The average Bonchev–Trinajstić information content (AvgIpc) is 2.77. The Balaban J connectivity index is 2.39. The maximum Gasteiger partial charge on any atom is 0.101 e. The summed E-state index contributed by atoms with van der Waals surface area (Å²) in [6, 6.07) is 8.11. The fourth-order valence-electron chi connectivity index (χ4n) is 2.18. The molecule has 0 N–H and O–H groups in total. The molecule has 0 aliphatic rings. The molecule has 0 spiro atoms. The molecule has 2 heterocycles. The number of methoxy groups -OCH3 is 1. The molecule has 0 aliphatic heterocycles. The second-order valence-electron chi connectivity index (χ2n) is 4.37. The van der Waals surface area contributed by atoms with Crippen LogP contribution in [0.15, 0.2) is 30.6 Å². The smallest absolute Gasteiger partial charge is 0.101 e. The van der Waals surface area contributed by atoms with Gasteiger partial charge >= 0.3 is 0 Å². The highest BCUT2D eigenvalue weighted by Crippen LogP contribution is 2.25. The summed E-state index contributed by atoms with van der Waals surface area (Å²) in [5.41, 5.74) is 3.87. The molecule has 4 heteroatoms. The number of hydrogen-bond acceptors (Lipinski definition) is 3. The van der Waals surface area contributed by atoms with Gasteiger partial charge in [-0.2, -0.15) is 5.26 Å². The van der Waals surface area contributed by atoms with Crippen molar-refractivity contribution in [3.63, 3.8) is 0 Å². The lowest BCUT2D eigenvalue weighted by Gasteiger charge is -2.11. The first-order valence-electron chi connectivity index (χ1n) is 6.27. The molecule has 2 rings (SSSR count). The molecule has 0 saturated carbocycles. The highest BCUT2D eigenvalue weighted by atomic mass is 16.5. The maximum atomic E-state index is 9.17. The zero-order chi connectivity index (χ0) is 13.7. The van der Waals surface area contributed by atoms with E-state index in [4.69, 9.17) is 4.74 Å². The second kappa shape index (κ2) is 6.17. The van der Waals surface area contributed by atoms with E-state index in [9.17, 15) is 5.26 Å². The van der Waals surface area contributed by atoms with Crippen LogP contribution in [0, 0.1) is 18.3 Å². The summed E-state index contributed by atoms with van der Waals surface area (Å²) in [5, 5.41) is 9.17. The first-order chi connectivity index (χ1) is 9.27. The van der Waals surface area contributed by atoms with Gasteiger partial charge in [-0.15, -0.1) is 0 Å². The van der Waals surface area contributed by atoms with Crippen molar-refractivity contribution in [2.45, 2.75) is 19.9 Å². The van der Waals surface area contributed by atoms with Crippen LogP contribution < -0.4 is 0 Å². The van der Waals surface area contributed by atoms with Crippen LogP contribution in [0.3, 0.4) is 0 Å². The minimum Gasteiger partial charge on any atom is -0.385 e. The standard InChI is InChI=1S/C15H17N3O/c1-12-14(11-16)10-15(13-4-6-17-7-5-13)18(12)8-3-9-19-2/h4-7,10H,3,8-9H2,1-2H3. The molecule has 0 saturated heterocycles. The SMILES string of the molecule is COCCCn1c(-c2ccncc2)cc(C#N)c1C. The first kappa shape index (κ1) is 13.3. The lowest BCUT2D eigenvalue weighted by atomic mass is 10.2. The Morgan fingerprint density at radius 1 is 1.37 bits per heavy atom. The fourth-order valence-corrected chi connectivity index (χ4v) is 2.18. The highest BCUT2D eigenvalue weighted by molar-refractivity contribution is 5.63. The van der Waals surface area contributed by atoms with Crippen molar-refractivity contribution < 1.29 is 4.74 Å². The Labute approximate surface area is 113 Å². The van der Waals surface area contributed by atoms with E-state index in [1.54, 1.807) is 19.5 Å². The van der Waals surface area contributed by atoms with Crippen LogP contribution in [-0.2, 0) is 11.3 Å². The first-order valence-corrected chi connectivity index (χ1v) is 6.27. The normalized spacial score (nSPS) is 10.4. The lowest BCUT2D eigenvalue weighted by Crippen LogP contribution is -2.05. The Bertz CT molecular complexity index is 581. The lowest BCUT2D eigenvalue weighted by molar-refractivity contribution is 0.190. The molecule has 0 aromatic carbocycles. The van der Waals surface area contributed by atoms with Crippen LogP contribution in [0.4, 0.5) is 0 Å². The van der Waals surface area contributed by atoms with Gasteiger partial charge in [0.25, 0.3) is 0 Å². The molecule has 19 heavy (non-hydrogen) atoms. The summed E-state index contributed by atoms with van der Waals surface area (Å²) in [6.07, 6.45) is 4.46. The molecule has 0 aliphatic carbocycles. The molecule has 0 fully saturated rings. The Hall–Kier alpha value is -2.12. The van der Waals surface area contributed by atoms with Crippen LogP contribution in [0.25, 0.3) is 11.3 Å². The Kier molecular flexibility index (Phi) is 4.32. The number of aromatic nitrogens is 2. The van der Waals surface area contributed by atoms with E-state index in [-0.39, 0.29) is 0 Å². The zero-order valence-corrected chi connectivity index (χ0v) is 11.3. The molecule has 0 radical (unpaired) electrons. The third kappa shape index (κ3) is 2.83. The van der Waals surface area contributed by atoms with E-state index in [1.165, 1.54) is 0 Å². The van der Waals surface area contributed by atoms with Gasteiger partial charge < -0.3 is 9.30 Å². The molecule has 0 amide bonds. The topological polar surface area (TPSA) is 50.8 Å². The molecule has 2 aromatic heterocycles. The number of pyridine rings is 1. The predicted octanol–water partition coefficient (Wildman–Crippen LogP) is 2.77. The Morgan fingerprint density at radius 2 is 2.11 bits per heavy atom. The molecule has 98 valence electrons. The summed E-state index contributed by atoms with van der Waals surface area (Å²) in [4.78, 5) is 4.03. The Morgan fingerprint density at radius 3 is 2.74 bits per heavy atom. The van der Waals surface area contributed by atoms with E-state index >= 15 is 0 Å². The monoisotopic (exact) mass is 255 g/mol. The number of hydrogen-bond donors (Lipinski definition) is 0. The van der Waals surface area contributed by atoms with Crippen molar-refractivity contribution >= 4 is 0 Å². The molecule has 0 atom stereocenters. The van der Waals surface area contributed by atoms with Gasteiger partial charge in [-0.05, 0) is 31.5 Å². The zero-order valence-electron chi connectivity index (χ0n) is 11.3. The van der Waals surface area contributed by atoms with Gasteiger partial charge in [0.15, 0.2) is 0 Å². The molecule has 0 unspecified atom stereocenters. The van der Waals surface area contributed by atoms with Crippen molar-refractivity contribution in [1.29, 1.82) is 5.26 Å². The van der Waals surface area contributed by atoms with E-state index < -0.39 is 0 Å². The summed E-state index contributed by atoms with van der Waals surface area (Å²) < 4.78 is 7.27. The maximum absolute atomic E-state index is 9.17. The number of ether oxygens (including phenoxy) is 1. The summed E-state index contributed by atoms with van der Waals surface area (Å²) in [6.45, 7) is 3.55. The van der Waals surface area contributed by atoms with E-state index in [0.717, 1.165) is 42.1 Å². The fraction of sp³-hybridized carbons (Fsp3) is 0.333. The molecular weight excluding hydrogens is 238 g/mol. The van der Waals surface area contributed by atoms with Crippen molar-refractivity contribution in [2.75, 3.05) is 13.7 Å². The summed E-state index contributed by atoms with van der Waals surface area (Å²) in [5.74, 6) is 0. The number of nitriles is 1. The number of rotatable bonds is 5. The van der Waals surface area contributed by atoms with Crippen LogP contribution in [0.2, 0.25) is 0 Å². The molecule has 0 bridgehead atoms. The highest BCUT2D eigenvalue weighted by Gasteiger charge is 2.12. The van der Waals surface area contributed by atoms with E-state index in [0.29, 0.717) is 0 Å². The third-order valence-electron chi connectivity index (χ3n) is 3.19. The van der Waals surface area contributed by atoms with Gasteiger partial charge in [0.2, 0.25) is 0 Å². The summed E-state index contributed by atoms with van der Waals surface area (Å²) in [7, 11) is 1.70. The van der Waals surface area contributed by atoms with Crippen molar-refractivity contribution in [3.8, 4) is 17.3 Å². The minimum atomic E-state index is 0.718. The third-order valence-corrected chi connectivity index (χ3v) is 3.19. The molecular formula is C15H17N3O. The van der Waals surface area contributed by atoms with Gasteiger partial charge in [0, 0.05) is 49.6 Å². The average molecular weight is 255 g/mol. The van der Waals surface area contributed by atoms with Crippen molar-refractivity contribution in [3.05, 3.63) is 41.9 Å². The largest absolute Gasteiger partial charge is 0.385 e. The van der Waals surface area contributed by atoms with Gasteiger partial charge in [0.1, 0.15) is 6.07 Å². The van der Waals surface area contributed by atoms with Crippen LogP contribution in [-0.4, -0.2) is 23.3 Å². The van der Waals surface area contributed by atoms with Gasteiger partial charge in [-0.1, -0.05) is 0 Å².